The second-order valence-electron chi connectivity index (χ2n) is 5.74. The number of aromatic nitrogens is 3. The molecule has 2 rings (SSSR count). The van der Waals surface area contributed by atoms with Crippen LogP contribution in [0.3, 0.4) is 0 Å². The lowest BCUT2D eigenvalue weighted by Crippen LogP contribution is -2.35. The Morgan fingerprint density at radius 3 is 2.80 bits per heavy atom. The summed E-state index contributed by atoms with van der Waals surface area (Å²) in [6.07, 6.45) is 1.83. The first-order chi connectivity index (χ1) is 11.9. The van der Waals surface area contributed by atoms with Crippen molar-refractivity contribution >= 4 is 23.5 Å². The molecule has 0 aliphatic carbocycles. The van der Waals surface area contributed by atoms with Crippen molar-refractivity contribution in [2.45, 2.75) is 39.7 Å². The number of carbonyl (C=O) groups is 2. The topological polar surface area (TPSA) is 86.1 Å². The van der Waals surface area contributed by atoms with Crippen LogP contribution in [-0.2, 0) is 9.53 Å². The van der Waals surface area contributed by atoms with Crippen molar-refractivity contribution in [1.29, 1.82) is 0 Å². The van der Waals surface area contributed by atoms with Crippen LogP contribution in [0.25, 0.3) is 5.69 Å². The van der Waals surface area contributed by atoms with E-state index in [9.17, 15) is 9.59 Å². The molecule has 0 aliphatic heterocycles. The van der Waals surface area contributed by atoms with Gasteiger partial charge in [0.15, 0.2) is 12.3 Å². The molecule has 0 aliphatic rings. The number of esters is 1. The zero-order valence-corrected chi connectivity index (χ0v) is 15.2. The summed E-state index contributed by atoms with van der Waals surface area (Å²) in [5.41, 5.74) is 1.10. The molecule has 1 heterocycles. The highest BCUT2D eigenvalue weighted by Crippen LogP contribution is 2.14. The third kappa shape index (κ3) is 5.29. The van der Waals surface area contributed by atoms with Gasteiger partial charge in [-0.05, 0) is 38.5 Å². The second-order valence-corrected chi connectivity index (χ2v) is 6.17. The number of hydrogen-bond acceptors (Lipinski definition) is 5. The number of benzene rings is 1. The molecule has 0 spiro atoms. The quantitative estimate of drug-likeness (QED) is 0.763. The minimum Gasteiger partial charge on any atom is -0.451 e. The molecule has 25 heavy (non-hydrogen) atoms. The number of ether oxygens (including phenoxy) is 1. The molecule has 0 fully saturated rings. The fourth-order valence-corrected chi connectivity index (χ4v) is 2.49. The maximum atomic E-state index is 12.1. The number of aryl methyl sites for hydroxylation is 1. The molecule has 0 bridgehead atoms. The predicted octanol–water partition coefficient (Wildman–Crippen LogP) is 2.69. The van der Waals surface area contributed by atoms with Gasteiger partial charge in [0.1, 0.15) is 0 Å². The fourth-order valence-electron chi connectivity index (χ4n) is 2.30. The van der Waals surface area contributed by atoms with Gasteiger partial charge in [0.2, 0.25) is 0 Å². The van der Waals surface area contributed by atoms with Gasteiger partial charge < -0.3 is 10.1 Å². The van der Waals surface area contributed by atoms with E-state index in [0.717, 1.165) is 12.8 Å². The van der Waals surface area contributed by atoms with Crippen LogP contribution in [0.2, 0.25) is 5.02 Å². The molecule has 0 radical (unpaired) electrons. The number of nitrogens with zero attached hydrogens (tertiary/aromatic N) is 3. The monoisotopic (exact) mass is 364 g/mol. The summed E-state index contributed by atoms with van der Waals surface area (Å²) in [7, 11) is 0. The highest BCUT2D eigenvalue weighted by atomic mass is 35.5. The van der Waals surface area contributed by atoms with Crippen molar-refractivity contribution in [2.24, 2.45) is 0 Å². The molecule has 2 aromatic rings. The standard InChI is InChI=1S/C17H21ClN4O3/c1-4-6-11(2)19-15(23)10-25-17(24)16-12(3)20-22(21-16)14-8-5-7-13(18)9-14/h5,7-9,11H,4,6,10H2,1-3H3,(H,19,23)/t11-/m0/s1. The van der Waals surface area contributed by atoms with Gasteiger partial charge in [0.25, 0.3) is 5.91 Å². The minimum absolute atomic E-state index is 0.0432. The van der Waals surface area contributed by atoms with Crippen molar-refractivity contribution < 1.29 is 14.3 Å². The number of halogens is 1. The smallest absolute Gasteiger partial charge is 0.361 e. The lowest BCUT2D eigenvalue weighted by molar-refractivity contribution is -0.124. The Morgan fingerprint density at radius 2 is 2.12 bits per heavy atom. The van der Waals surface area contributed by atoms with Gasteiger partial charge >= 0.3 is 5.97 Å². The summed E-state index contributed by atoms with van der Waals surface area (Å²) < 4.78 is 5.03. The zero-order valence-electron chi connectivity index (χ0n) is 14.5. The summed E-state index contributed by atoms with van der Waals surface area (Å²) in [5, 5.41) is 11.6. The molecule has 8 heteroatoms. The van der Waals surface area contributed by atoms with Crippen LogP contribution in [0.15, 0.2) is 24.3 Å². The number of nitrogens with one attached hydrogen (secondary N) is 1. The van der Waals surface area contributed by atoms with Gasteiger partial charge in [-0.15, -0.1) is 5.10 Å². The first-order valence-corrected chi connectivity index (χ1v) is 8.45. The molecule has 1 aromatic carbocycles. The third-order valence-electron chi connectivity index (χ3n) is 3.48. The van der Waals surface area contributed by atoms with Crippen LogP contribution in [0, 0.1) is 6.92 Å². The second kappa shape index (κ2) is 8.62. The first-order valence-electron chi connectivity index (χ1n) is 8.07. The molecular formula is C17H21ClN4O3. The SMILES string of the molecule is CCC[C@H](C)NC(=O)COC(=O)c1nn(-c2cccc(Cl)c2)nc1C. The molecule has 1 atom stereocenters. The van der Waals surface area contributed by atoms with Gasteiger partial charge in [-0.1, -0.05) is 31.0 Å². The summed E-state index contributed by atoms with van der Waals surface area (Å²) in [6, 6.07) is 6.98. The van der Waals surface area contributed by atoms with Crippen LogP contribution < -0.4 is 5.32 Å². The number of hydrogen-bond donors (Lipinski definition) is 1. The average Bonchev–Trinajstić information content (AvgIpc) is 2.95. The van der Waals surface area contributed by atoms with Gasteiger partial charge in [-0.3, -0.25) is 4.79 Å². The Bertz CT molecular complexity index is 760. The van der Waals surface area contributed by atoms with E-state index < -0.39 is 5.97 Å². The Balaban J connectivity index is 1.99. The van der Waals surface area contributed by atoms with E-state index in [1.54, 1.807) is 31.2 Å². The molecule has 1 amide bonds. The molecule has 7 nitrogen and oxygen atoms in total. The highest BCUT2D eigenvalue weighted by Gasteiger charge is 2.19. The normalized spacial score (nSPS) is 11.8. The molecule has 134 valence electrons. The van der Waals surface area contributed by atoms with Gasteiger partial charge in [0.05, 0.1) is 11.4 Å². The van der Waals surface area contributed by atoms with E-state index in [4.69, 9.17) is 16.3 Å². The highest BCUT2D eigenvalue weighted by molar-refractivity contribution is 6.30. The Morgan fingerprint density at radius 1 is 1.36 bits per heavy atom. The molecule has 0 saturated carbocycles. The predicted molar refractivity (Wildman–Crippen MR) is 93.9 cm³/mol. The summed E-state index contributed by atoms with van der Waals surface area (Å²) in [5.74, 6) is -1.03. The largest absolute Gasteiger partial charge is 0.451 e. The summed E-state index contributed by atoms with van der Waals surface area (Å²) >= 11 is 5.95. The minimum atomic E-state index is -0.691. The van der Waals surface area contributed by atoms with E-state index in [-0.39, 0.29) is 24.2 Å². The molecule has 1 aromatic heterocycles. The van der Waals surface area contributed by atoms with E-state index in [1.807, 2.05) is 13.8 Å². The Kier molecular flexibility index (Phi) is 6.52. The van der Waals surface area contributed by atoms with Crippen molar-refractivity contribution in [3.63, 3.8) is 0 Å². The summed E-state index contributed by atoms with van der Waals surface area (Å²) in [6.45, 7) is 5.24. The number of carbonyl (C=O) groups excluding carboxylic acids is 2. The number of rotatable bonds is 7. The lowest BCUT2D eigenvalue weighted by atomic mass is 10.2. The molecule has 0 saturated heterocycles. The van der Waals surface area contributed by atoms with Crippen LogP contribution in [0.4, 0.5) is 0 Å². The van der Waals surface area contributed by atoms with E-state index >= 15 is 0 Å². The van der Waals surface area contributed by atoms with E-state index in [1.165, 1.54) is 4.80 Å². The number of amides is 1. The zero-order chi connectivity index (χ0) is 18.4. The first kappa shape index (κ1) is 18.9. The molecule has 1 N–H and O–H groups in total. The third-order valence-corrected chi connectivity index (χ3v) is 3.71. The van der Waals surface area contributed by atoms with Crippen LogP contribution >= 0.6 is 11.6 Å². The van der Waals surface area contributed by atoms with Gasteiger partial charge in [-0.2, -0.15) is 9.90 Å². The van der Waals surface area contributed by atoms with Crippen molar-refractivity contribution in [3.8, 4) is 5.69 Å². The van der Waals surface area contributed by atoms with Crippen molar-refractivity contribution in [1.82, 2.24) is 20.3 Å². The van der Waals surface area contributed by atoms with Crippen LogP contribution in [0.5, 0.6) is 0 Å². The maximum absolute atomic E-state index is 12.1. The Hall–Kier alpha value is -2.41. The van der Waals surface area contributed by atoms with Crippen molar-refractivity contribution in [2.75, 3.05) is 6.61 Å². The fraction of sp³-hybridized carbons (Fsp3) is 0.412. The lowest BCUT2D eigenvalue weighted by Gasteiger charge is -2.12. The average molecular weight is 365 g/mol. The van der Waals surface area contributed by atoms with Crippen LogP contribution in [0.1, 0.15) is 42.9 Å². The van der Waals surface area contributed by atoms with Gasteiger partial charge in [-0.25, -0.2) is 4.79 Å². The van der Waals surface area contributed by atoms with E-state index in [2.05, 4.69) is 15.5 Å². The Labute approximate surface area is 151 Å². The van der Waals surface area contributed by atoms with E-state index in [0.29, 0.717) is 16.4 Å². The summed E-state index contributed by atoms with van der Waals surface area (Å²) in [4.78, 5) is 25.2. The molecule has 0 unspecified atom stereocenters. The van der Waals surface area contributed by atoms with Gasteiger partial charge in [0, 0.05) is 11.1 Å². The van der Waals surface area contributed by atoms with Crippen molar-refractivity contribution in [3.05, 3.63) is 40.7 Å². The van der Waals surface area contributed by atoms with Crippen LogP contribution in [-0.4, -0.2) is 39.5 Å². The molecular weight excluding hydrogens is 344 g/mol. The maximum Gasteiger partial charge on any atom is 0.361 e.